The highest BCUT2D eigenvalue weighted by atomic mass is 16.4. The number of rotatable bonds is 4. The Labute approximate surface area is 195 Å². The van der Waals surface area contributed by atoms with Crippen LogP contribution >= 0.6 is 0 Å². The number of aliphatic carboxylic acids is 2. The second-order valence-corrected chi connectivity index (χ2v) is 7.94. The highest BCUT2D eigenvalue weighted by molar-refractivity contribution is 5.81. The van der Waals surface area contributed by atoms with Crippen LogP contribution in [0, 0.1) is 5.92 Å². The molecule has 4 heterocycles. The lowest BCUT2D eigenvalue weighted by atomic mass is 9.79. The molecule has 12 heteroatoms. The molecule has 2 aromatic heterocycles. The quantitative estimate of drug-likeness (QED) is 0.397. The van der Waals surface area contributed by atoms with Crippen molar-refractivity contribution in [3.8, 4) is 0 Å². The fraction of sp³-hybridized carbons (Fsp3) is 0.455. The van der Waals surface area contributed by atoms with Crippen molar-refractivity contribution in [1.29, 1.82) is 0 Å². The molecular weight excluding hydrogens is 446 g/mol. The second-order valence-electron chi connectivity index (χ2n) is 7.94. The van der Waals surface area contributed by atoms with Crippen LogP contribution in [0.25, 0.3) is 0 Å². The minimum Gasteiger partial charge on any atom is -0.481 e. The molecular formula is C22H29N5O7. The first-order valence-electron chi connectivity index (χ1n) is 10.7. The summed E-state index contributed by atoms with van der Waals surface area (Å²) in [5.41, 5.74) is 1.20. The van der Waals surface area contributed by atoms with E-state index in [1.807, 2.05) is 6.07 Å². The lowest BCUT2D eigenvalue weighted by Gasteiger charge is -2.42. The minimum absolute atomic E-state index is 0.0963. The van der Waals surface area contributed by atoms with Gasteiger partial charge in [0.15, 0.2) is 0 Å². The van der Waals surface area contributed by atoms with Crippen LogP contribution < -0.4 is 21.8 Å². The molecule has 0 unspecified atom stereocenters. The van der Waals surface area contributed by atoms with E-state index in [0.29, 0.717) is 18.7 Å². The first kappa shape index (κ1) is 26.5. The molecule has 1 fully saturated rings. The van der Waals surface area contributed by atoms with Gasteiger partial charge in [-0.1, -0.05) is 6.07 Å². The fourth-order valence-corrected chi connectivity index (χ4v) is 4.09. The third-order valence-corrected chi connectivity index (χ3v) is 5.23. The zero-order chi connectivity index (χ0) is 25.3. The molecule has 2 aliphatic heterocycles. The summed E-state index contributed by atoms with van der Waals surface area (Å²) < 4.78 is 1.67. The van der Waals surface area contributed by atoms with Gasteiger partial charge in [0.05, 0.1) is 6.33 Å². The molecule has 3 atom stereocenters. The summed E-state index contributed by atoms with van der Waals surface area (Å²) in [6.07, 6.45) is 2.72. The molecule has 1 saturated heterocycles. The summed E-state index contributed by atoms with van der Waals surface area (Å²) in [5.74, 6) is -1.46. The van der Waals surface area contributed by atoms with Gasteiger partial charge < -0.3 is 25.8 Å². The molecule has 184 valence electrons. The third kappa shape index (κ3) is 7.66. The molecule has 34 heavy (non-hydrogen) atoms. The lowest BCUT2D eigenvalue weighted by Crippen LogP contribution is -2.52. The Balaban J connectivity index is 0.000000446. The van der Waals surface area contributed by atoms with Crippen molar-refractivity contribution in [2.24, 2.45) is 5.92 Å². The molecule has 4 rings (SSSR count). The lowest BCUT2D eigenvalue weighted by molar-refractivity contribution is -0.135. The number of aromatic amines is 1. The number of hydrogen-bond acceptors (Lipinski definition) is 7. The summed E-state index contributed by atoms with van der Waals surface area (Å²) in [7, 11) is 0. The highest BCUT2D eigenvalue weighted by Gasteiger charge is 2.41. The van der Waals surface area contributed by atoms with Crippen molar-refractivity contribution in [3.63, 3.8) is 0 Å². The van der Waals surface area contributed by atoms with E-state index in [1.54, 1.807) is 10.6 Å². The Morgan fingerprint density at radius 1 is 1.15 bits per heavy atom. The van der Waals surface area contributed by atoms with Crippen molar-refractivity contribution >= 4 is 17.8 Å². The van der Waals surface area contributed by atoms with Gasteiger partial charge in [-0.25, -0.2) is 4.98 Å². The monoisotopic (exact) mass is 475 g/mol. The number of amides is 1. The van der Waals surface area contributed by atoms with Crippen LogP contribution in [0.2, 0.25) is 0 Å². The maximum absolute atomic E-state index is 12.9. The Morgan fingerprint density at radius 3 is 2.47 bits per heavy atom. The summed E-state index contributed by atoms with van der Waals surface area (Å²) >= 11 is 0. The first-order valence-corrected chi connectivity index (χ1v) is 10.7. The number of nitrogens with one attached hydrogen (secondary N) is 3. The van der Waals surface area contributed by atoms with Gasteiger partial charge in [0.25, 0.3) is 23.1 Å². The fourth-order valence-electron chi connectivity index (χ4n) is 4.09. The number of carboxylic acid groups (broad SMARTS) is 2. The van der Waals surface area contributed by atoms with E-state index in [2.05, 4.69) is 20.6 Å². The Morgan fingerprint density at radius 2 is 1.82 bits per heavy atom. The van der Waals surface area contributed by atoms with Crippen LogP contribution in [-0.4, -0.2) is 62.2 Å². The third-order valence-electron chi connectivity index (χ3n) is 5.23. The average molecular weight is 476 g/mol. The van der Waals surface area contributed by atoms with Crippen molar-refractivity contribution in [2.45, 2.75) is 38.6 Å². The zero-order valence-electron chi connectivity index (χ0n) is 19.0. The van der Waals surface area contributed by atoms with Crippen molar-refractivity contribution in [3.05, 3.63) is 62.7 Å². The average Bonchev–Trinajstić information content (AvgIpc) is 2.74. The maximum atomic E-state index is 12.9. The van der Waals surface area contributed by atoms with Gasteiger partial charge in [-0.05, 0) is 12.5 Å². The predicted molar refractivity (Wildman–Crippen MR) is 122 cm³/mol. The molecule has 2 bridgehead atoms. The van der Waals surface area contributed by atoms with Gasteiger partial charge in [0.1, 0.15) is 6.04 Å². The summed E-state index contributed by atoms with van der Waals surface area (Å²) in [6.45, 7) is 4.10. The van der Waals surface area contributed by atoms with E-state index in [0.717, 1.165) is 39.1 Å². The molecule has 0 aromatic carbocycles. The number of nitrogens with zero attached hydrogens (tertiary/aromatic N) is 2. The smallest absolute Gasteiger partial charge is 0.300 e. The van der Waals surface area contributed by atoms with Crippen molar-refractivity contribution in [2.75, 3.05) is 19.6 Å². The van der Waals surface area contributed by atoms with Crippen LogP contribution in [0.15, 0.2) is 40.2 Å². The molecule has 12 nitrogen and oxygen atoms in total. The number of hydrogen-bond donors (Lipinski definition) is 5. The van der Waals surface area contributed by atoms with Crippen molar-refractivity contribution < 1.29 is 24.6 Å². The van der Waals surface area contributed by atoms with Crippen LogP contribution in [0.5, 0.6) is 0 Å². The molecule has 1 amide bonds. The zero-order valence-corrected chi connectivity index (χ0v) is 19.0. The topological polar surface area (TPSA) is 183 Å². The van der Waals surface area contributed by atoms with Gasteiger partial charge in [0, 0.05) is 75.3 Å². The molecule has 2 aliphatic rings. The van der Waals surface area contributed by atoms with Crippen LogP contribution in [-0.2, 0) is 20.8 Å². The van der Waals surface area contributed by atoms with E-state index in [4.69, 9.17) is 19.8 Å². The number of carboxylic acids is 2. The minimum atomic E-state index is -0.833. The number of piperidine rings is 1. The molecule has 0 aliphatic carbocycles. The number of pyridine rings is 1. The maximum Gasteiger partial charge on any atom is 0.300 e. The van der Waals surface area contributed by atoms with Crippen LogP contribution in [0.3, 0.4) is 0 Å². The predicted octanol–water partition coefficient (Wildman–Crippen LogP) is -0.280. The SMILES string of the molecule is CC(=O)O.CC(=O)O.O=C(NCCc1cc(=O)[nH]cn1)[C@H]1[C@@H]2CNC[C@@H](C2)c2cccc(=O)n21. The van der Waals surface area contributed by atoms with E-state index in [1.165, 1.54) is 18.5 Å². The summed E-state index contributed by atoms with van der Waals surface area (Å²) in [5, 5.41) is 21.1. The molecule has 2 aromatic rings. The molecule has 0 spiro atoms. The molecule has 0 radical (unpaired) electrons. The van der Waals surface area contributed by atoms with Gasteiger partial charge in [-0.2, -0.15) is 0 Å². The number of H-pyrrole nitrogens is 1. The molecule has 0 saturated carbocycles. The van der Waals surface area contributed by atoms with Crippen LogP contribution in [0.1, 0.15) is 43.6 Å². The highest BCUT2D eigenvalue weighted by Crippen LogP contribution is 2.38. The number of aromatic nitrogens is 3. The molecule has 5 N–H and O–H groups in total. The Bertz CT molecular complexity index is 1110. The number of fused-ring (bicyclic) bond motifs is 4. The van der Waals surface area contributed by atoms with E-state index < -0.39 is 18.0 Å². The largest absolute Gasteiger partial charge is 0.481 e. The van der Waals surface area contributed by atoms with E-state index in [-0.39, 0.29) is 28.9 Å². The first-order chi connectivity index (χ1) is 16.1. The van der Waals surface area contributed by atoms with Gasteiger partial charge >= 0.3 is 0 Å². The van der Waals surface area contributed by atoms with Gasteiger partial charge in [-0.15, -0.1) is 0 Å². The Hall–Kier alpha value is -3.80. The number of carbonyl (C=O) groups is 3. The standard InChI is InChI=1S/C18H21N5O3.2C2H4O2/c24-15-7-13(21-10-22-15)4-5-20-18(26)17-12-6-11(8-19-9-12)14-2-1-3-16(25)23(14)17;2*1-2(3)4/h1-3,7,10-12,17,19H,4-6,8-9H2,(H,20,26)(H,21,22,24);2*1H3,(H,3,4)/t11-,12+,17-;;/m1../s1. The van der Waals surface area contributed by atoms with Crippen molar-refractivity contribution in [1.82, 2.24) is 25.2 Å². The summed E-state index contributed by atoms with van der Waals surface area (Å²) in [4.78, 5) is 61.2. The van der Waals surface area contributed by atoms with Gasteiger partial charge in [0.2, 0.25) is 5.91 Å². The van der Waals surface area contributed by atoms with E-state index >= 15 is 0 Å². The Kier molecular flexibility index (Phi) is 9.68. The van der Waals surface area contributed by atoms with Crippen LogP contribution in [0.4, 0.5) is 0 Å². The summed E-state index contributed by atoms with van der Waals surface area (Å²) in [6, 6.07) is 6.13. The second kappa shape index (κ2) is 12.4. The number of carbonyl (C=O) groups excluding carboxylic acids is 1. The van der Waals surface area contributed by atoms with E-state index in [9.17, 15) is 14.4 Å². The normalized spacial score (nSPS) is 19.8. The van der Waals surface area contributed by atoms with Gasteiger partial charge in [-0.3, -0.25) is 28.5 Å².